The maximum absolute atomic E-state index is 13.1. The normalized spacial score (nSPS) is 14.3. The number of allylic oxidation sites excluding steroid dienone is 26. The van der Waals surface area contributed by atoms with E-state index in [0.717, 1.165) is 148 Å². The molecular formula is C107H186O16P2. The molecule has 0 aliphatic rings. The maximum Gasteiger partial charge on any atom is 0.472 e. The minimum atomic E-state index is -4.95. The Hall–Kier alpha value is -4.83. The van der Waals surface area contributed by atoms with Gasteiger partial charge in [0.1, 0.15) is 25.4 Å². The predicted molar refractivity (Wildman–Crippen MR) is 528 cm³/mol. The molecule has 125 heavy (non-hydrogen) atoms. The summed E-state index contributed by atoms with van der Waals surface area (Å²) in [5.74, 6) is -1.58. The number of aliphatic hydroxyl groups excluding tert-OH is 2. The molecule has 0 aromatic heterocycles. The Bertz CT molecular complexity index is 2900. The van der Waals surface area contributed by atoms with Crippen LogP contribution >= 0.6 is 15.6 Å². The monoisotopic (exact) mass is 1790 g/mol. The van der Waals surface area contributed by atoms with Gasteiger partial charge in [-0.25, -0.2) is 9.13 Å². The number of ether oxygens (including phenoxy) is 3. The van der Waals surface area contributed by atoms with Crippen LogP contribution in [-0.4, -0.2) is 95.9 Å². The van der Waals surface area contributed by atoms with E-state index in [1.54, 1.807) is 0 Å². The molecule has 0 saturated carbocycles. The summed E-state index contributed by atoms with van der Waals surface area (Å²) in [5.41, 5.74) is 0. The third kappa shape index (κ3) is 99.6. The second-order valence-electron chi connectivity index (χ2n) is 33.9. The van der Waals surface area contributed by atoms with Crippen molar-refractivity contribution in [1.29, 1.82) is 0 Å². The van der Waals surface area contributed by atoms with Gasteiger partial charge in [-0.15, -0.1) is 0 Å². The van der Waals surface area contributed by atoms with Gasteiger partial charge in [-0.05, 0) is 154 Å². The highest BCUT2D eigenvalue weighted by Crippen LogP contribution is 2.45. The summed E-state index contributed by atoms with van der Waals surface area (Å²) in [4.78, 5) is 59.1. The van der Waals surface area contributed by atoms with Crippen LogP contribution in [0.2, 0.25) is 0 Å². The number of phosphoric acid groups is 2. The number of hydrogen-bond acceptors (Lipinski definition) is 14. The Balaban J connectivity index is 4.52. The largest absolute Gasteiger partial charge is 0.472 e. The molecule has 5 atom stereocenters. The lowest BCUT2D eigenvalue weighted by Crippen LogP contribution is -2.30. The van der Waals surface area contributed by atoms with Gasteiger partial charge in [0.15, 0.2) is 6.10 Å². The van der Waals surface area contributed by atoms with Gasteiger partial charge in [-0.3, -0.25) is 32.5 Å². The van der Waals surface area contributed by atoms with Crippen molar-refractivity contribution in [2.75, 3.05) is 39.6 Å². The van der Waals surface area contributed by atoms with Gasteiger partial charge in [0, 0.05) is 19.3 Å². The number of esters is 3. The van der Waals surface area contributed by atoms with Gasteiger partial charge in [-0.2, -0.15) is 0 Å². The number of phosphoric ester groups is 2. The van der Waals surface area contributed by atoms with Gasteiger partial charge in [0.2, 0.25) is 0 Å². The fourth-order valence-corrected chi connectivity index (χ4v) is 15.6. The SMILES string of the molecule is CC/C=C\C/C=C\C/C=C\C/C=C\C/C=C\CCCCCCCCCCCCCCCCCCCCCC(=O)OCC(O)COP(=O)(O)OCC(O)COP(=O)(O)OCC(COC(=O)CCCCCCCCCCCCCCCCCCC/C=C\C/C=C\C/C=C\C/C=C\CCCCC)OC(=O)CCCCCCC/C=C\C/C=C\C/C=C\C/C=C\CCCCC. The maximum atomic E-state index is 13.1. The van der Waals surface area contributed by atoms with E-state index in [1.165, 1.54) is 238 Å². The lowest BCUT2D eigenvalue weighted by atomic mass is 10.0. The lowest BCUT2D eigenvalue weighted by molar-refractivity contribution is -0.161. The van der Waals surface area contributed by atoms with E-state index in [9.17, 15) is 43.5 Å². The number of carbonyl (C=O) groups is 3. The average Bonchev–Trinajstić information content (AvgIpc) is 0.895. The zero-order valence-electron chi connectivity index (χ0n) is 79.7. The molecule has 0 saturated heterocycles. The van der Waals surface area contributed by atoms with E-state index < -0.39 is 91.5 Å². The molecule has 0 radical (unpaired) electrons. The van der Waals surface area contributed by atoms with Crippen LogP contribution in [-0.2, 0) is 55.8 Å². The zero-order valence-corrected chi connectivity index (χ0v) is 81.5. The van der Waals surface area contributed by atoms with Crippen molar-refractivity contribution in [1.82, 2.24) is 0 Å². The van der Waals surface area contributed by atoms with Crippen molar-refractivity contribution < 1.29 is 75.8 Å². The van der Waals surface area contributed by atoms with E-state index in [0.29, 0.717) is 19.3 Å². The fraction of sp³-hybridized carbons (Fsp3) is 0.729. The molecule has 0 aliphatic carbocycles. The highest BCUT2D eigenvalue weighted by Gasteiger charge is 2.30. The van der Waals surface area contributed by atoms with Crippen molar-refractivity contribution in [3.05, 3.63) is 158 Å². The molecule has 0 aromatic carbocycles. The summed E-state index contributed by atoms with van der Waals surface area (Å²) >= 11 is 0. The first kappa shape index (κ1) is 120. The predicted octanol–water partition coefficient (Wildman–Crippen LogP) is 32.0. The van der Waals surface area contributed by atoms with E-state index in [-0.39, 0.29) is 19.3 Å². The molecule has 0 bridgehead atoms. The van der Waals surface area contributed by atoms with E-state index >= 15 is 0 Å². The Kier molecular flexibility index (Phi) is 94.4. The highest BCUT2D eigenvalue weighted by molar-refractivity contribution is 7.47. The van der Waals surface area contributed by atoms with Crippen LogP contribution in [0.4, 0.5) is 0 Å². The van der Waals surface area contributed by atoms with Gasteiger partial charge in [-0.1, -0.05) is 429 Å². The molecule has 18 heteroatoms. The molecular weight excluding hydrogens is 1600 g/mol. The minimum Gasteiger partial charge on any atom is -0.463 e. The molecule has 0 rings (SSSR count). The first-order chi connectivity index (χ1) is 61.2. The molecule has 0 aromatic rings. The summed E-state index contributed by atoms with van der Waals surface area (Å²) in [5, 5.41) is 20.8. The Morgan fingerprint density at radius 1 is 0.232 bits per heavy atom. The quantitative estimate of drug-likeness (QED) is 0.0146. The smallest absolute Gasteiger partial charge is 0.463 e. The highest BCUT2D eigenvalue weighted by atomic mass is 31.2. The van der Waals surface area contributed by atoms with Gasteiger partial charge in [0.25, 0.3) is 0 Å². The van der Waals surface area contributed by atoms with E-state index in [4.69, 9.17) is 32.3 Å². The zero-order chi connectivity index (χ0) is 90.7. The molecule has 0 aliphatic heterocycles. The molecule has 0 amide bonds. The van der Waals surface area contributed by atoms with Gasteiger partial charge >= 0.3 is 33.6 Å². The molecule has 5 unspecified atom stereocenters. The van der Waals surface area contributed by atoms with Crippen molar-refractivity contribution in [3.8, 4) is 0 Å². The summed E-state index contributed by atoms with van der Waals surface area (Å²) in [6.45, 7) is 2.57. The molecule has 4 N–H and O–H groups in total. The van der Waals surface area contributed by atoms with E-state index in [2.05, 4.69) is 179 Å². The summed E-state index contributed by atoms with van der Waals surface area (Å²) < 4.78 is 61.6. The van der Waals surface area contributed by atoms with Crippen LogP contribution in [0.3, 0.4) is 0 Å². The van der Waals surface area contributed by atoms with Gasteiger partial charge < -0.3 is 34.2 Å². The van der Waals surface area contributed by atoms with Crippen LogP contribution in [0.5, 0.6) is 0 Å². The molecule has 0 fully saturated rings. The van der Waals surface area contributed by atoms with Crippen LogP contribution in [0.15, 0.2) is 158 Å². The second-order valence-corrected chi connectivity index (χ2v) is 36.8. The van der Waals surface area contributed by atoms with Crippen molar-refractivity contribution >= 4 is 33.6 Å². The van der Waals surface area contributed by atoms with Crippen molar-refractivity contribution in [2.24, 2.45) is 0 Å². The number of carbonyl (C=O) groups excluding carboxylic acids is 3. The van der Waals surface area contributed by atoms with Crippen molar-refractivity contribution in [3.63, 3.8) is 0 Å². The number of unbranched alkanes of at least 4 members (excludes halogenated alkanes) is 47. The molecule has 16 nitrogen and oxygen atoms in total. The first-order valence-electron chi connectivity index (χ1n) is 50.8. The summed E-state index contributed by atoms with van der Waals surface area (Å²) in [6, 6.07) is 0. The second kappa shape index (κ2) is 98.2. The Morgan fingerprint density at radius 3 is 0.672 bits per heavy atom. The van der Waals surface area contributed by atoms with Crippen LogP contribution < -0.4 is 0 Å². The average molecular weight is 1790 g/mol. The first-order valence-corrected chi connectivity index (χ1v) is 53.8. The number of aliphatic hydroxyl groups is 2. The third-order valence-electron chi connectivity index (χ3n) is 21.7. The van der Waals surface area contributed by atoms with Gasteiger partial charge in [0.05, 0.1) is 26.4 Å². The van der Waals surface area contributed by atoms with Crippen LogP contribution in [0, 0.1) is 0 Å². The minimum absolute atomic E-state index is 0.0825. The number of rotatable bonds is 96. The number of hydrogen-bond donors (Lipinski definition) is 4. The van der Waals surface area contributed by atoms with Crippen molar-refractivity contribution in [2.45, 2.75) is 463 Å². The summed E-state index contributed by atoms with van der Waals surface area (Å²) in [6.07, 6.45) is 127. The Labute approximate surface area is 765 Å². The van der Waals surface area contributed by atoms with Crippen LogP contribution in [0.1, 0.15) is 445 Å². The molecule has 0 spiro atoms. The third-order valence-corrected chi connectivity index (χ3v) is 23.6. The van der Waals surface area contributed by atoms with E-state index in [1.807, 2.05) is 0 Å². The topological polar surface area (TPSA) is 231 Å². The summed E-state index contributed by atoms with van der Waals surface area (Å²) in [7, 11) is -9.82. The fourth-order valence-electron chi connectivity index (χ4n) is 14.0. The molecule has 720 valence electrons. The molecule has 0 heterocycles. The Morgan fingerprint density at radius 2 is 0.424 bits per heavy atom. The standard InChI is InChI=1S/C107H186O16P2/c1-4-7-10-13-16-19-22-25-28-31-34-37-39-41-43-45-47-49-50-52-54-55-57-59-61-64-66-69-72-75-78-81-84-87-90-93-105(110)117-96-102(108)97-119-124(113,114)120-98-103(109)99-121-125(115,116)122-101-104(123-107(112)95-92-89-86-83-80-77-74-71-68-63-36-33-30-27-24-21-18-15-12-9-6-3)100-118-106(111)94-91-88-85-82-79-76-73-70-67-65-62-60-58-56-53-51-48-46-44-42-40-38-35-32-29-26-23-20-17-14-11-8-5-2/h7,10,16-21,25-30,34-38,41-44,63,71,74,102-104,108-109H,4-6,8-9,11-15,22-24,31-33,39-40,45-62,64-70,72-73,75-101H2,1-3H3,(H,113,114)(H,115,116)/b10-7-,19-16-,20-17-,21-18-,28-25-,29-26-,30-27-,37-34-,38-35-,43-41-,44-42-,63-36-,74-71-. The lowest BCUT2D eigenvalue weighted by Gasteiger charge is -2.21. The van der Waals surface area contributed by atoms with Crippen LogP contribution in [0.25, 0.3) is 0 Å².